The Labute approximate surface area is 171 Å². The molecule has 0 aromatic heterocycles. The fourth-order valence-electron chi connectivity index (χ4n) is 3.24. The summed E-state index contributed by atoms with van der Waals surface area (Å²) in [6.07, 6.45) is 0.939. The highest BCUT2D eigenvalue weighted by Gasteiger charge is 2.33. The Hall–Kier alpha value is -3.15. The molecule has 2 aromatic rings. The summed E-state index contributed by atoms with van der Waals surface area (Å²) in [6.45, 7) is 6.17. The first-order valence-electron chi connectivity index (χ1n) is 9.98. The van der Waals surface area contributed by atoms with Gasteiger partial charge in [0.2, 0.25) is 0 Å². The second-order valence-corrected chi connectivity index (χ2v) is 7.65. The van der Waals surface area contributed by atoms with Gasteiger partial charge in [-0.3, -0.25) is 14.4 Å². The van der Waals surface area contributed by atoms with E-state index in [2.05, 4.69) is 19.2 Å². The summed E-state index contributed by atoms with van der Waals surface area (Å²) in [7, 11) is 0. The molecule has 6 heteroatoms. The van der Waals surface area contributed by atoms with E-state index in [1.807, 2.05) is 42.5 Å². The summed E-state index contributed by atoms with van der Waals surface area (Å²) in [6, 6.07) is 16.4. The average Bonchev–Trinajstić information content (AvgIpc) is 2.72. The van der Waals surface area contributed by atoms with Crippen LogP contribution in [0.3, 0.4) is 0 Å². The highest BCUT2D eigenvalue weighted by molar-refractivity contribution is 6.40. The van der Waals surface area contributed by atoms with Gasteiger partial charge in [0.25, 0.3) is 5.91 Å². The molecule has 1 aliphatic heterocycles. The van der Waals surface area contributed by atoms with Crippen LogP contribution in [0, 0.1) is 5.92 Å². The van der Waals surface area contributed by atoms with Gasteiger partial charge in [-0.25, -0.2) is 0 Å². The Bertz CT molecular complexity index is 863. The van der Waals surface area contributed by atoms with Crippen LogP contribution in [0.1, 0.15) is 36.2 Å². The molecule has 3 amide bonds. The zero-order valence-electron chi connectivity index (χ0n) is 16.9. The van der Waals surface area contributed by atoms with E-state index in [0.717, 1.165) is 17.7 Å². The Kier molecular flexibility index (Phi) is 6.65. The summed E-state index contributed by atoms with van der Waals surface area (Å²) >= 11 is 0. The van der Waals surface area contributed by atoms with Crippen molar-refractivity contribution in [1.82, 2.24) is 10.2 Å². The number of nitrogens with zero attached hydrogens (tertiary/aromatic N) is 2. The molecule has 29 heavy (non-hydrogen) atoms. The molecule has 0 spiro atoms. The summed E-state index contributed by atoms with van der Waals surface area (Å²) in [5, 5.41) is 2.91. The highest BCUT2D eigenvalue weighted by Crippen LogP contribution is 2.18. The molecule has 1 fully saturated rings. The minimum absolute atomic E-state index is 0.0973. The molecule has 0 unspecified atom stereocenters. The normalized spacial score (nSPS) is 14.4. The molecule has 1 saturated heterocycles. The molecule has 3 rings (SSSR count). The maximum atomic E-state index is 12.5. The SMILES string of the molecule is CC(C)CCNC(=O)c1ccc(CN2CCN(c3ccccc3)C(=O)C2=O)cc1. The highest BCUT2D eigenvalue weighted by atomic mass is 16.2. The average molecular weight is 393 g/mol. The summed E-state index contributed by atoms with van der Waals surface area (Å²) < 4.78 is 0. The number of amides is 3. The van der Waals surface area contributed by atoms with Gasteiger partial charge in [-0.1, -0.05) is 44.2 Å². The lowest BCUT2D eigenvalue weighted by molar-refractivity contribution is -0.146. The summed E-state index contributed by atoms with van der Waals surface area (Å²) in [4.78, 5) is 40.3. The van der Waals surface area contributed by atoms with Gasteiger partial charge < -0.3 is 15.1 Å². The molecule has 1 N–H and O–H groups in total. The molecule has 6 nitrogen and oxygen atoms in total. The van der Waals surface area contributed by atoms with Crippen molar-refractivity contribution in [2.24, 2.45) is 5.92 Å². The number of nitrogens with one attached hydrogen (secondary N) is 1. The number of carbonyl (C=O) groups is 3. The van der Waals surface area contributed by atoms with Gasteiger partial charge >= 0.3 is 11.8 Å². The number of anilines is 1. The second kappa shape index (κ2) is 9.37. The number of piperazine rings is 1. The van der Waals surface area contributed by atoms with Gasteiger partial charge in [-0.05, 0) is 42.2 Å². The van der Waals surface area contributed by atoms with Gasteiger partial charge in [-0.15, -0.1) is 0 Å². The number of benzene rings is 2. The molecular formula is C23H27N3O3. The minimum Gasteiger partial charge on any atom is -0.352 e. The van der Waals surface area contributed by atoms with E-state index in [4.69, 9.17) is 0 Å². The molecule has 0 radical (unpaired) electrons. The van der Waals surface area contributed by atoms with Crippen molar-refractivity contribution in [3.8, 4) is 0 Å². The molecule has 0 bridgehead atoms. The van der Waals surface area contributed by atoms with Crippen LogP contribution < -0.4 is 10.2 Å². The third-order valence-corrected chi connectivity index (χ3v) is 4.97. The Morgan fingerprint density at radius 1 is 0.966 bits per heavy atom. The first kappa shape index (κ1) is 20.6. The molecular weight excluding hydrogens is 366 g/mol. The predicted octanol–water partition coefficient (Wildman–Crippen LogP) is 2.84. The lowest BCUT2D eigenvalue weighted by Crippen LogP contribution is -2.54. The molecule has 0 saturated carbocycles. The molecule has 0 atom stereocenters. The van der Waals surface area contributed by atoms with Crippen molar-refractivity contribution in [2.45, 2.75) is 26.8 Å². The van der Waals surface area contributed by atoms with Crippen LogP contribution in [0.5, 0.6) is 0 Å². The minimum atomic E-state index is -0.511. The standard InChI is InChI=1S/C23H27N3O3/c1-17(2)12-13-24-21(27)19-10-8-18(9-11-19)16-25-14-15-26(23(29)22(25)28)20-6-4-3-5-7-20/h3-11,17H,12-16H2,1-2H3,(H,24,27). The number of hydrogen-bond donors (Lipinski definition) is 1. The van der Waals surface area contributed by atoms with Gasteiger partial charge in [0.05, 0.1) is 0 Å². The lowest BCUT2D eigenvalue weighted by atomic mass is 10.1. The zero-order chi connectivity index (χ0) is 20.8. The van der Waals surface area contributed by atoms with Crippen LogP contribution in [0.25, 0.3) is 0 Å². The zero-order valence-corrected chi connectivity index (χ0v) is 16.9. The van der Waals surface area contributed by atoms with E-state index in [-0.39, 0.29) is 5.91 Å². The van der Waals surface area contributed by atoms with E-state index in [0.29, 0.717) is 37.7 Å². The third kappa shape index (κ3) is 5.22. The fourth-order valence-corrected chi connectivity index (χ4v) is 3.24. The van der Waals surface area contributed by atoms with Gasteiger partial charge in [0.15, 0.2) is 0 Å². The third-order valence-electron chi connectivity index (χ3n) is 4.97. The van der Waals surface area contributed by atoms with Crippen molar-refractivity contribution in [3.05, 3.63) is 65.7 Å². The van der Waals surface area contributed by atoms with Gasteiger partial charge in [0.1, 0.15) is 0 Å². The quantitative estimate of drug-likeness (QED) is 0.736. The lowest BCUT2D eigenvalue weighted by Gasteiger charge is -2.33. The van der Waals surface area contributed by atoms with Crippen LogP contribution in [0.2, 0.25) is 0 Å². The molecule has 0 aliphatic carbocycles. The van der Waals surface area contributed by atoms with Crippen molar-refractivity contribution in [3.63, 3.8) is 0 Å². The number of para-hydroxylation sites is 1. The number of hydrogen-bond acceptors (Lipinski definition) is 3. The topological polar surface area (TPSA) is 69.7 Å². The molecule has 152 valence electrons. The van der Waals surface area contributed by atoms with Crippen LogP contribution >= 0.6 is 0 Å². The monoisotopic (exact) mass is 393 g/mol. The van der Waals surface area contributed by atoms with E-state index < -0.39 is 11.8 Å². The van der Waals surface area contributed by atoms with Crippen LogP contribution in [0.15, 0.2) is 54.6 Å². The Morgan fingerprint density at radius 3 is 2.31 bits per heavy atom. The van der Waals surface area contributed by atoms with Crippen LogP contribution in [-0.2, 0) is 16.1 Å². The Balaban J connectivity index is 1.57. The smallest absolute Gasteiger partial charge is 0.316 e. The van der Waals surface area contributed by atoms with Gasteiger partial charge in [0, 0.05) is 37.4 Å². The van der Waals surface area contributed by atoms with Crippen LogP contribution in [-0.4, -0.2) is 42.3 Å². The number of rotatable bonds is 7. The van der Waals surface area contributed by atoms with E-state index in [9.17, 15) is 14.4 Å². The van der Waals surface area contributed by atoms with Crippen molar-refractivity contribution < 1.29 is 14.4 Å². The first-order valence-corrected chi connectivity index (χ1v) is 9.98. The first-order chi connectivity index (χ1) is 14.0. The molecule has 1 aliphatic rings. The van der Waals surface area contributed by atoms with Crippen molar-refractivity contribution >= 4 is 23.4 Å². The van der Waals surface area contributed by atoms with Gasteiger partial charge in [-0.2, -0.15) is 0 Å². The maximum Gasteiger partial charge on any atom is 0.316 e. The van der Waals surface area contributed by atoms with Crippen molar-refractivity contribution in [1.29, 1.82) is 0 Å². The maximum absolute atomic E-state index is 12.5. The van der Waals surface area contributed by atoms with E-state index in [1.54, 1.807) is 17.0 Å². The predicted molar refractivity (Wildman–Crippen MR) is 112 cm³/mol. The Morgan fingerprint density at radius 2 is 1.66 bits per heavy atom. The van der Waals surface area contributed by atoms with E-state index in [1.165, 1.54) is 4.90 Å². The largest absolute Gasteiger partial charge is 0.352 e. The summed E-state index contributed by atoms with van der Waals surface area (Å²) in [5.74, 6) is -0.570. The molecule has 2 aromatic carbocycles. The van der Waals surface area contributed by atoms with Crippen molar-refractivity contribution in [2.75, 3.05) is 24.5 Å². The summed E-state index contributed by atoms with van der Waals surface area (Å²) in [5.41, 5.74) is 2.21. The number of carbonyl (C=O) groups excluding carboxylic acids is 3. The van der Waals surface area contributed by atoms with Crippen LogP contribution in [0.4, 0.5) is 5.69 Å². The fraction of sp³-hybridized carbons (Fsp3) is 0.348. The molecule has 1 heterocycles. The second-order valence-electron chi connectivity index (χ2n) is 7.65. The van der Waals surface area contributed by atoms with E-state index >= 15 is 0 Å².